The third-order valence-corrected chi connectivity index (χ3v) is 2.88. The van der Waals surface area contributed by atoms with Crippen LogP contribution in [-0.2, 0) is 16.0 Å². The maximum absolute atomic E-state index is 11.6. The summed E-state index contributed by atoms with van der Waals surface area (Å²) >= 11 is 0. The first-order valence-electron chi connectivity index (χ1n) is 6.52. The Balaban J connectivity index is 1.84. The van der Waals surface area contributed by atoms with E-state index in [9.17, 15) is 4.79 Å². The minimum Gasteiger partial charge on any atom is -0.369 e. The van der Waals surface area contributed by atoms with Crippen LogP contribution in [0.5, 0.6) is 0 Å². The average molecular weight is 261 g/mol. The number of ether oxygens (including phenoxy) is 1. The standard InChI is InChI=1S/C14H19N3O2/c1-3-19-11(2)14(18)15-8-7-12-10-17-9-5-4-6-13(17)16-12/h4-6,9-11H,3,7-8H2,1-2H3,(H,15,18). The Kier molecular flexibility index (Phi) is 4.52. The fraction of sp³-hybridized carbons (Fsp3) is 0.429. The highest BCUT2D eigenvalue weighted by Gasteiger charge is 2.11. The van der Waals surface area contributed by atoms with Crippen LogP contribution in [0.25, 0.3) is 5.65 Å². The lowest BCUT2D eigenvalue weighted by molar-refractivity contribution is -0.131. The summed E-state index contributed by atoms with van der Waals surface area (Å²) in [6.45, 7) is 4.74. The van der Waals surface area contributed by atoms with E-state index in [1.807, 2.05) is 41.9 Å². The summed E-state index contributed by atoms with van der Waals surface area (Å²) in [6, 6.07) is 5.88. The first-order chi connectivity index (χ1) is 9.20. The van der Waals surface area contributed by atoms with Crippen molar-refractivity contribution in [3.63, 3.8) is 0 Å². The van der Waals surface area contributed by atoms with Crippen LogP contribution in [0.1, 0.15) is 19.5 Å². The summed E-state index contributed by atoms with van der Waals surface area (Å²) in [5, 5.41) is 2.85. The highest BCUT2D eigenvalue weighted by atomic mass is 16.5. The van der Waals surface area contributed by atoms with Crippen molar-refractivity contribution in [1.29, 1.82) is 0 Å². The molecule has 1 unspecified atom stereocenters. The summed E-state index contributed by atoms with van der Waals surface area (Å²) in [5.74, 6) is -0.0781. The van der Waals surface area contributed by atoms with Crippen molar-refractivity contribution < 1.29 is 9.53 Å². The van der Waals surface area contributed by atoms with E-state index in [-0.39, 0.29) is 5.91 Å². The predicted octanol–water partition coefficient (Wildman–Crippen LogP) is 1.42. The van der Waals surface area contributed by atoms with E-state index in [4.69, 9.17) is 4.74 Å². The SMILES string of the molecule is CCOC(C)C(=O)NCCc1cn2ccccc2n1. The molecule has 1 N–H and O–H groups in total. The van der Waals surface area contributed by atoms with Gasteiger partial charge in [-0.3, -0.25) is 4.79 Å². The van der Waals surface area contributed by atoms with Crippen molar-refractivity contribution >= 4 is 11.6 Å². The van der Waals surface area contributed by atoms with Crippen LogP contribution >= 0.6 is 0 Å². The van der Waals surface area contributed by atoms with Crippen LogP contribution < -0.4 is 5.32 Å². The number of imidazole rings is 1. The van der Waals surface area contributed by atoms with Gasteiger partial charge in [0.25, 0.3) is 0 Å². The topological polar surface area (TPSA) is 55.6 Å². The monoisotopic (exact) mass is 261 g/mol. The molecule has 0 aliphatic carbocycles. The molecule has 0 saturated carbocycles. The van der Waals surface area contributed by atoms with E-state index in [0.29, 0.717) is 19.6 Å². The Morgan fingerprint density at radius 2 is 2.37 bits per heavy atom. The van der Waals surface area contributed by atoms with Crippen LogP contribution in [0, 0.1) is 0 Å². The average Bonchev–Trinajstić information content (AvgIpc) is 2.81. The number of rotatable bonds is 6. The zero-order chi connectivity index (χ0) is 13.7. The Hall–Kier alpha value is -1.88. The molecule has 0 radical (unpaired) electrons. The molecule has 0 bridgehead atoms. The fourth-order valence-electron chi connectivity index (χ4n) is 1.89. The highest BCUT2D eigenvalue weighted by Crippen LogP contribution is 2.04. The zero-order valence-electron chi connectivity index (χ0n) is 11.3. The molecule has 2 rings (SSSR count). The summed E-state index contributed by atoms with van der Waals surface area (Å²) in [4.78, 5) is 16.1. The Bertz CT molecular complexity index is 517. The largest absolute Gasteiger partial charge is 0.369 e. The molecule has 5 heteroatoms. The van der Waals surface area contributed by atoms with E-state index in [0.717, 1.165) is 11.3 Å². The number of aromatic nitrogens is 2. The van der Waals surface area contributed by atoms with Gasteiger partial charge < -0.3 is 14.5 Å². The second kappa shape index (κ2) is 6.33. The van der Waals surface area contributed by atoms with E-state index < -0.39 is 6.10 Å². The molecule has 0 fully saturated rings. The van der Waals surface area contributed by atoms with Crippen molar-refractivity contribution in [3.05, 3.63) is 36.3 Å². The number of pyridine rings is 1. The number of carbonyl (C=O) groups is 1. The van der Waals surface area contributed by atoms with Crippen molar-refractivity contribution in [2.75, 3.05) is 13.2 Å². The zero-order valence-corrected chi connectivity index (χ0v) is 11.3. The second-order valence-electron chi connectivity index (χ2n) is 4.34. The van der Waals surface area contributed by atoms with Gasteiger partial charge in [0.2, 0.25) is 5.91 Å². The van der Waals surface area contributed by atoms with Crippen LogP contribution in [0.2, 0.25) is 0 Å². The van der Waals surface area contributed by atoms with E-state index in [2.05, 4.69) is 10.3 Å². The van der Waals surface area contributed by atoms with Gasteiger partial charge in [-0.25, -0.2) is 4.98 Å². The molecule has 1 atom stereocenters. The highest BCUT2D eigenvalue weighted by molar-refractivity contribution is 5.80. The quantitative estimate of drug-likeness (QED) is 0.855. The Labute approximate surface area is 112 Å². The molecule has 0 saturated heterocycles. The van der Waals surface area contributed by atoms with Gasteiger partial charge in [0.15, 0.2) is 0 Å². The second-order valence-corrected chi connectivity index (χ2v) is 4.34. The lowest BCUT2D eigenvalue weighted by Crippen LogP contribution is -2.35. The third kappa shape index (κ3) is 3.54. The minimum absolute atomic E-state index is 0.0781. The lowest BCUT2D eigenvalue weighted by atomic mass is 10.3. The number of fused-ring (bicyclic) bond motifs is 1. The fourth-order valence-corrected chi connectivity index (χ4v) is 1.89. The van der Waals surface area contributed by atoms with Gasteiger partial charge in [-0.15, -0.1) is 0 Å². The minimum atomic E-state index is -0.397. The number of hydrogen-bond donors (Lipinski definition) is 1. The van der Waals surface area contributed by atoms with Crippen LogP contribution in [-0.4, -0.2) is 34.5 Å². The summed E-state index contributed by atoms with van der Waals surface area (Å²) in [6.07, 6.45) is 4.26. The molecule has 0 spiro atoms. The molecule has 5 nitrogen and oxygen atoms in total. The number of nitrogens with one attached hydrogen (secondary N) is 1. The molecule has 2 aromatic heterocycles. The first-order valence-corrected chi connectivity index (χ1v) is 6.52. The molecule has 0 aromatic carbocycles. The predicted molar refractivity (Wildman–Crippen MR) is 73.0 cm³/mol. The molecule has 102 valence electrons. The summed E-state index contributed by atoms with van der Waals surface area (Å²) < 4.78 is 7.19. The summed E-state index contributed by atoms with van der Waals surface area (Å²) in [7, 11) is 0. The number of carbonyl (C=O) groups excluding carboxylic acids is 1. The van der Waals surface area contributed by atoms with E-state index in [1.54, 1.807) is 6.92 Å². The molecule has 0 aliphatic heterocycles. The molecular formula is C14H19N3O2. The van der Waals surface area contributed by atoms with Gasteiger partial charge in [0.05, 0.1) is 5.69 Å². The van der Waals surface area contributed by atoms with Gasteiger partial charge in [0, 0.05) is 32.0 Å². The van der Waals surface area contributed by atoms with Crippen molar-refractivity contribution in [3.8, 4) is 0 Å². The molecule has 1 amide bonds. The van der Waals surface area contributed by atoms with Gasteiger partial charge in [-0.1, -0.05) is 6.07 Å². The number of hydrogen-bond acceptors (Lipinski definition) is 3. The molecule has 0 aliphatic rings. The smallest absolute Gasteiger partial charge is 0.248 e. The van der Waals surface area contributed by atoms with E-state index >= 15 is 0 Å². The van der Waals surface area contributed by atoms with Gasteiger partial charge in [-0.05, 0) is 26.0 Å². The molecule has 2 aromatic rings. The van der Waals surface area contributed by atoms with Crippen LogP contribution in [0.3, 0.4) is 0 Å². The molecule has 2 heterocycles. The van der Waals surface area contributed by atoms with Crippen molar-refractivity contribution in [2.45, 2.75) is 26.4 Å². The molecular weight excluding hydrogens is 242 g/mol. The van der Waals surface area contributed by atoms with Crippen LogP contribution in [0.4, 0.5) is 0 Å². The third-order valence-electron chi connectivity index (χ3n) is 2.88. The van der Waals surface area contributed by atoms with Gasteiger partial charge in [-0.2, -0.15) is 0 Å². The number of nitrogens with zero attached hydrogens (tertiary/aromatic N) is 2. The first kappa shape index (κ1) is 13.5. The lowest BCUT2D eigenvalue weighted by Gasteiger charge is -2.11. The van der Waals surface area contributed by atoms with Crippen molar-refractivity contribution in [2.24, 2.45) is 0 Å². The maximum Gasteiger partial charge on any atom is 0.248 e. The van der Waals surface area contributed by atoms with Gasteiger partial charge in [0.1, 0.15) is 11.8 Å². The summed E-state index contributed by atoms with van der Waals surface area (Å²) in [5.41, 5.74) is 1.89. The maximum atomic E-state index is 11.6. The Morgan fingerprint density at radius 3 is 3.11 bits per heavy atom. The van der Waals surface area contributed by atoms with Crippen molar-refractivity contribution in [1.82, 2.24) is 14.7 Å². The van der Waals surface area contributed by atoms with E-state index in [1.165, 1.54) is 0 Å². The number of amides is 1. The van der Waals surface area contributed by atoms with Gasteiger partial charge >= 0.3 is 0 Å². The van der Waals surface area contributed by atoms with Crippen LogP contribution in [0.15, 0.2) is 30.6 Å². The normalized spacial score (nSPS) is 12.5. The Morgan fingerprint density at radius 1 is 1.53 bits per heavy atom. The molecule has 19 heavy (non-hydrogen) atoms.